The standard InChI is InChI=1S/C10H13ClN6O2S/c1-6-9(5-17(2)15-6)16-20(18,19)7-3-8(11)10(14-12)13-4-7/h3-5,16H,12H2,1-2H3,(H,13,14). The Balaban J connectivity index is 2.35. The van der Waals surface area contributed by atoms with Crippen molar-refractivity contribution < 1.29 is 8.42 Å². The summed E-state index contributed by atoms with van der Waals surface area (Å²) in [6.45, 7) is 1.70. The molecule has 2 aromatic rings. The second-order valence-electron chi connectivity index (χ2n) is 4.05. The highest BCUT2D eigenvalue weighted by Crippen LogP contribution is 2.24. The van der Waals surface area contributed by atoms with E-state index in [1.54, 1.807) is 20.2 Å². The predicted molar refractivity (Wildman–Crippen MR) is 75.8 cm³/mol. The van der Waals surface area contributed by atoms with Crippen LogP contribution in [-0.2, 0) is 17.1 Å². The second-order valence-corrected chi connectivity index (χ2v) is 6.14. The van der Waals surface area contributed by atoms with Crippen LogP contribution in [0.5, 0.6) is 0 Å². The van der Waals surface area contributed by atoms with Crippen LogP contribution in [0.3, 0.4) is 0 Å². The lowest BCUT2D eigenvalue weighted by atomic mass is 10.4. The van der Waals surface area contributed by atoms with E-state index in [4.69, 9.17) is 17.4 Å². The monoisotopic (exact) mass is 316 g/mol. The van der Waals surface area contributed by atoms with Gasteiger partial charge in [0.1, 0.15) is 4.90 Å². The summed E-state index contributed by atoms with van der Waals surface area (Å²) in [5.74, 6) is 5.38. The van der Waals surface area contributed by atoms with Crippen molar-refractivity contribution in [1.29, 1.82) is 0 Å². The van der Waals surface area contributed by atoms with E-state index in [0.717, 1.165) is 6.20 Å². The summed E-state index contributed by atoms with van der Waals surface area (Å²) in [6.07, 6.45) is 2.73. The number of nitrogens with two attached hydrogens (primary N) is 1. The largest absolute Gasteiger partial charge is 0.307 e. The number of hydrazine groups is 1. The Labute approximate surface area is 121 Å². The van der Waals surface area contributed by atoms with Crippen LogP contribution in [0, 0.1) is 6.92 Å². The number of rotatable bonds is 4. The molecule has 0 amide bonds. The van der Waals surface area contributed by atoms with Crippen molar-refractivity contribution >= 4 is 33.1 Å². The van der Waals surface area contributed by atoms with E-state index >= 15 is 0 Å². The minimum absolute atomic E-state index is 0.0650. The molecule has 0 saturated carbocycles. The maximum absolute atomic E-state index is 12.2. The average molecular weight is 317 g/mol. The molecule has 10 heteroatoms. The third kappa shape index (κ3) is 2.84. The number of nitrogen functional groups attached to an aromatic ring is 1. The molecule has 108 valence electrons. The Morgan fingerprint density at radius 1 is 1.45 bits per heavy atom. The van der Waals surface area contributed by atoms with E-state index < -0.39 is 10.0 Å². The molecule has 0 spiro atoms. The van der Waals surface area contributed by atoms with Crippen molar-refractivity contribution in [2.75, 3.05) is 10.1 Å². The fourth-order valence-electron chi connectivity index (χ4n) is 1.58. The van der Waals surface area contributed by atoms with Crippen molar-refractivity contribution in [1.82, 2.24) is 14.8 Å². The van der Waals surface area contributed by atoms with Crippen LogP contribution < -0.4 is 16.0 Å². The highest BCUT2D eigenvalue weighted by Gasteiger charge is 2.18. The van der Waals surface area contributed by atoms with Gasteiger partial charge in [-0.2, -0.15) is 5.10 Å². The smallest absolute Gasteiger partial charge is 0.263 e. The molecule has 0 saturated heterocycles. The Kier molecular flexibility index (Phi) is 3.84. The SMILES string of the molecule is Cc1nn(C)cc1NS(=O)(=O)c1cnc(NN)c(Cl)c1. The molecular weight excluding hydrogens is 304 g/mol. The molecule has 2 rings (SSSR count). The van der Waals surface area contributed by atoms with Gasteiger partial charge in [-0.25, -0.2) is 19.2 Å². The molecule has 0 radical (unpaired) electrons. The van der Waals surface area contributed by atoms with Crippen LogP contribution in [0.4, 0.5) is 11.5 Å². The zero-order valence-corrected chi connectivity index (χ0v) is 12.3. The van der Waals surface area contributed by atoms with Crippen molar-refractivity contribution in [2.45, 2.75) is 11.8 Å². The van der Waals surface area contributed by atoms with Crippen LogP contribution in [0.15, 0.2) is 23.4 Å². The number of halogens is 1. The molecule has 8 nitrogen and oxygen atoms in total. The van der Waals surface area contributed by atoms with E-state index in [-0.39, 0.29) is 15.7 Å². The summed E-state index contributed by atoms with van der Waals surface area (Å²) in [4.78, 5) is 3.76. The summed E-state index contributed by atoms with van der Waals surface area (Å²) in [5.41, 5.74) is 3.22. The van der Waals surface area contributed by atoms with E-state index in [9.17, 15) is 8.42 Å². The van der Waals surface area contributed by atoms with E-state index in [1.807, 2.05) is 0 Å². The molecule has 2 aromatic heterocycles. The van der Waals surface area contributed by atoms with E-state index in [0.29, 0.717) is 11.4 Å². The van der Waals surface area contributed by atoms with Gasteiger partial charge < -0.3 is 5.43 Å². The number of aryl methyl sites for hydroxylation is 2. The van der Waals surface area contributed by atoms with Gasteiger partial charge in [-0.3, -0.25) is 9.40 Å². The first-order chi connectivity index (χ1) is 9.33. The minimum atomic E-state index is -3.79. The number of hydrogen-bond acceptors (Lipinski definition) is 6. The Bertz CT molecular complexity index is 742. The predicted octanol–water partition coefficient (Wildman–Crippen LogP) is 0.863. The lowest BCUT2D eigenvalue weighted by Gasteiger charge is -2.08. The molecule has 0 aliphatic carbocycles. The van der Waals surface area contributed by atoms with Crippen molar-refractivity contribution in [3.05, 3.63) is 29.2 Å². The maximum atomic E-state index is 12.2. The number of hydrogen-bond donors (Lipinski definition) is 3. The zero-order chi connectivity index (χ0) is 14.9. The molecule has 0 bridgehead atoms. The molecule has 0 fully saturated rings. The summed E-state index contributed by atoms with van der Waals surface area (Å²) in [6, 6.07) is 1.26. The van der Waals surface area contributed by atoms with Gasteiger partial charge in [0.25, 0.3) is 10.0 Å². The molecule has 0 unspecified atom stereocenters. The summed E-state index contributed by atoms with van der Waals surface area (Å²) >= 11 is 5.86. The van der Waals surface area contributed by atoms with Crippen LogP contribution in [0.2, 0.25) is 5.02 Å². The van der Waals surface area contributed by atoms with Gasteiger partial charge in [-0.15, -0.1) is 0 Å². The molecule has 4 N–H and O–H groups in total. The molecular formula is C10H13ClN6O2S. The Morgan fingerprint density at radius 2 is 2.15 bits per heavy atom. The number of nitrogens with one attached hydrogen (secondary N) is 2. The molecule has 0 atom stereocenters. The van der Waals surface area contributed by atoms with Crippen LogP contribution in [0.25, 0.3) is 0 Å². The van der Waals surface area contributed by atoms with Gasteiger partial charge in [0.15, 0.2) is 5.82 Å². The number of pyridine rings is 1. The van der Waals surface area contributed by atoms with Crippen molar-refractivity contribution in [2.24, 2.45) is 12.9 Å². The number of aromatic nitrogens is 3. The van der Waals surface area contributed by atoms with E-state index in [1.165, 1.54) is 10.7 Å². The number of nitrogens with zero attached hydrogens (tertiary/aromatic N) is 3. The fourth-order valence-corrected chi connectivity index (χ4v) is 2.93. The van der Waals surface area contributed by atoms with E-state index in [2.05, 4.69) is 20.2 Å². The molecule has 0 aromatic carbocycles. The van der Waals surface area contributed by atoms with Crippen LogP contribution in [-0.4, -0.2) is 23.2 Å². The minimum Gasteiger partial charge on any atom is -0.307 e. The van der Waals surface area contributed by atoms with Crippen molar-refractivity contribution in [3.8, 4) is 0 Å². The van der Waals surface area contributed by atoms with Crippen LogP contribution >= 0.6 is 11.6 Å². The first-order valence-electron chi connectivity index (χ1n) is 5.48. The Morgan fingerprint density at radius 3 is 2.65 bits per heavy atom. The highest BCUT2D eigenvalue weighted by molar-refractivity contribution is 7.92. The quantitative estimate of drug-likeness (QED) is 0.569. The van der Waals surface area contributed by atoms with Gasteiger partial charge >= 0.3 is 0 Å². The maximum Gasteiger partial charge on any atom is 0.263 e. The first kappa shape index (κ1) is 14.6. The van der Waals surface area contributed by atoms with Gasteiger partial charge in [0.2, 0.25) is 0 Å². The topological polar surface area (TPSA) is 115 Å². The molecule has 20 heavy (non-hydrogen) atoms. The zero-order valence-electron chi connectivity index (χ0n) is 10.8. The van der Waals surface area contributed by atoms with Gasteiger partial charge in [0, 0.05) is 19.4 Å². The fraction of sp³-hybridized carbons (Fsp3) is 0.200. The van der Waals surface area contributed by atoms with Gasteiger partial charge in [-0.05, 0) is 13.0 Å². The number of anilines is 2. The average Bonchev–Trinajstić information content (AvgIpc) is 2.67. The lowest BCUT2D eigenvalue weighted by Crippen LogP contribution is -2.15. The van der Waals surface area contributed by atoms with Gasteiger partial charge in [0.05, 0.1) is 16.4 Å². The highest BCUT2D eigenvalue weighted by atomic mass is 35.5. The lowest BCUT2D eigenvalue weighted by molar-refractivity contribution is 0.601. The molecule has 0 aliphatic rings. The first-order valence-corrected chi connectivity index (χ1v) is 7.35. The third-order valence-corrected chi connectivity index (χ3v) is 4.14. The normalized spacial score (nSPS) is 11.4. The Hall–Kier alpha value is -1.84. The van der Waals surface area contributed by atoms with Crippen LogP contribution in [0.1, 0.15) is 5.69 Å². The molecule has 0 aliphatic heterocycles. The third-order valence-electron chi connectivity index (χ3n) is 2.52. The van der Waals surface area contributed by atoms with Gasteiger partial charge in [-0.1, -0.05) is 11.6 Å². The number of sulfonamides is 1. The summed E-state index contributed by atoms with van der Waals surface area (Å²) < 4.78 is 28.4. The van der Waals surface area contributed by atoms with Crippen molar-refractivity contribution in [3.63, 3.8) is 0 Å². The molecule has 2 heterocycles. The summed E-state index contributed by atoms with van der Waals surface area (Å²) in [7, 11) is -2.09. The second kappa shape index (κ2) is 5.27. The summed E-state index contributed by atoms with van der Waals surface area (Å²) in [5, 5.41) is 4.16.